The van der Waals surface area contributed by atoms with Crippen molar-refractivity contribution in [2.24, 2.45) is 5.92 Å². The Balaban J connectivity index is 1.46. The van der Waals surface area contributed by atoms with E-state index in [1.54, 1.807) is 0 Å². The maximum atomic E-state index is 12.9. The van der Waals surface area contributed by atoms with Gasteiger partial charge in [-0.05, 0) is 32.3 Å². The summed E-state index contributed by atoms with van der Waals surface area (Å²) in [5.41, 5.74) is 2.32. The Labute approximate surface area is 175 Å². The van der Waals surface area contributed by atoms with E-state index in [2.05, 4.69) is 25.3 Å². The maximum absolute atomic E-state index is 12.9. The van der Waals surface area contributed by atoms with Gasteiger partial charge < -0.3 is 19.5 Å². The number of piperidine rings is 1. The fraction of sp³-hybridized carbons (Fsp3) is 0.455. The third-order valence-electron chi connectivity index (χ3n) is 5.48. The van der Waals surface area contributed by atoms with E-state index in [1.165, 1.54) is 6.33 Å². The zero-order chi connectivity index (χ0) is 20.9. The first-order chi connectivity index (χ1) is 14.7. The maximum Gasteiger partial charge on any atom is 0.263 e. The molecule has 2 aromatic heterocycles. The van der Waals surface area contributed by atoms with Gasteiger partial charge in [-0.1, -0.05) is 30.3 Å². The van der Waals surface area contributed by atoms with Gasteiger partial charge in [-0.25, -0.2) is 4.98 Å². The largest absolute Gasteiger partial charge is 0.494 e. The highest BCUT2D eigenvalue weighted by Crippen LogP contribution is 2.30. The van der Waals surface area contributed by atoms with Crippen LogP contribution in [0.4, 0.5) is 5.82 Å². The third-order valence-corrected chi connectivity index (χ3v) is 5.48. The van der Waals surface area contributed by atoms with Crippen molar-refractivity contribution in [2.75, 3.05) is 24.6 Å². The zero-order valence-electron chi connectivity index (χ0n) is 17.4. The van der Waals surface area contributed by atoms with Crippen LogP contribution in [-0.2, 0) is 17.8 Å². The van der Waals surface area contributed by atoms with Gasteiger partial charge in [0.15, 0.2) is 0 Å². The number of benzene rings is 1. The molecule has 158 valence electrons. The Morgan fingerprint density at radius 3 is 3.00 bits per heavy atom. The number of rotatable bonds is 7. The standard InChI is InChI=1S/C22H27N5O3/c1-3-17-19-20(24-14-25-22(19)30-26-17)27-11-7-9-16(13-27)21(28)23-12-15-8-5-6-10-18(15)29-4-2/h5-6,8,10,14,16H,3-4,7,9,11-13H2,1-2H3,(H,23,28)/t16-/m1/s1. The van der Waals surface area contributed by atoms with Crippen LogP contribution in [0.15, 0.2) is 35.1 Å². The average Bonchev–Trinajstić information content (AvgIpc) is 3.22. The lowest BCUT2D eigenvalue weighted by Gasteiger charge is -2.33. The van der Waals surface area contributed by atoms with Crippen LogP contribution in [0.25, 0.3) is 11.1 Å². The van der Waals surface area contributed by atoms with Gasteiger partial charge in [0.1, 0.15) is 23.3 Å². The van der Waals surface area contributed by atoms with Crippen molar-refractivity contribution in [2.45, 2.75) is 39.7 Å². The number of nitrogens with one attached hydrogen (secondary N) is 1. The van der Waals surface area contributed by atoms with E-state index >= 15 is 0 Å². The number of hydrogen-bond donors (Lipinski definition) is 1. The van der Waals surface area contributed by atoms with Gasteiger partial charge in [-0.2, -0.15) is 4.98 Å². The molecule has 1 aliphatic rings. The van der Waals surface area contributed by atoms with Gasteiger partial charge in [0.05, 0.1) is 18.2 Å². The average molecular weight is 409 g/mol. The number of aromatic nitrogens is 3. The predicted octanol–water partition coefficient (Wildman–Crippen LogP) is 3.11. The molecule has 1 atom stereocenters. The van der Waals surface area contributed by atoms with Gasteiger partial charge in [0, 0.05) is 25.2 Å². The van der Waals surface area contributed by atoms with Gasteiger partial charge in [-0.3, -0.25) is 4.79 Å². The van der Waals surface area contributed by atoms with E-state index < -0.39 is 0 Å². The van der Waals surface area contributed by atoms with Crippen molar-refractivity contribution in [3.05, 3.63) is 41.9 Å². The number of amides is 1. The fourth-order valence-electron chi connectivity index (χ4n) is 3.96. The quantitative estimate of drug-likeness (QED) is 0.641. The van der Waals surface area contributed by atoms with Crippen LogP contribution in [0.5, 0.6) is 5.75 Å². The lowest BCUT2D eigenvalue weighted by atomic mass is 9.96. The van der Waals surface area contributed by atoms with Crippen molar-refractivity contribution in [1.29, 1.82) is 0 Å². The molecule has 0 saturated carbocycles. The molecule has 0 aliphatic carbocycles. The number of carbonyl (C=O) groups excluding carboxylic acids is 1. The Kier molecular flexibility index (Phi) is 6.11. The number of hydrogen-bond acceptors (Lipinski definition) is 7. The Bertz CT molecular complexity index is 1020. The molecule has 8 heteroatoms. The number of anilines is 1. The number of aryl methyl sites for hydroxylation is 1. The number of para-hydroxylation sites is 1. The van der Waals surface area contributed by atoms with Gasteiger partial charge >= 0.3 is 0 Å². The van der Waals surface area contributed by atoms with Crippen molar-refractivity contribution < 1.29 is 14.1 Å². The molecular formula is C22H27N5O3. The Hall–Kier alpha value is -3.16. The number of fused-ring (bicyclic) bond motifs is 1. The third kappa shape index (κ3) is 4.08. The first kappa shape index (κ1) is 20.1. The van der Waals surface area contributed by atoms with E-state index in [0.29, 0.717) is 25.4 Å². The summed E-state index contributed by atoms with van der Waals surface area (Å²) < 4.78 is 11.0. The molecule has 0 spiro atoms. The first-order valence-electron chi connectivity index (χ1n) is 10.5. The topological polar surface area (TPSA) is 93.4 Å². The molecule has 1 fully saturated rings. The molecule has 30 heavy (non-hydrogen) atoms. The summed E-state index contributed by atoms with van der Waals surface area (Å²) in [6.45, 7) is 6.49. The van der Waals surface area contributed by atoms with E-state index in [0.717, 1.165) is 54.0 Å². The van der Waals surface area contributed by atoms with Crippen LogP contribution in [0.3, 0.4) is 0 Å². The van der Waals surface area contributed by atoms with Gasteiger partial charge in [-0.15, -0.1) is 0 Å². The molecule has 3 heterocycles. The molecule has 4 rings (SSSR count). The summed E-state index contributed by atoms with van der Waals surface area (Å²) in [6.07, 6.45) is 4.01. The molecule has 0 bridgehead atoms. The van der Waals surface area contributed by atoms with Crippen molar-refractivity contribution in [1.82, 2.24) is 20.4 Å². The Morgan fingerprint density at radius 2 is 2.17 bits per heavy atom. The van der Waals surface area contributed by atoms with Crippen LogP contribution in [0.2, 0.25) is 0 Å². The minimum atomic E-state index is -0.104. The molecule has 1 amide bonds. The highest BCUT2D eigenvalue weighted by Gasteiger charge is 2.28. The summed E-state index contributed by atoms with van der Waals surface area (Å²) >= 11 is 0. The minimum Gasteiger partial charge on any atom is -0.494 e. The van der Waals surface area contributed by atoms with Crippen molar-refractivity contribution in [3.63, 3.8) is 0 Å². The van der Waals surface area contributed by atoms with E-state index in [4.69, 9.17) is 9.26 Å². The molecule has 8 nitrogen and oxygen atoms in total. The molecule has 1 aromatic carbocycles. The van der Waals surface area contributed by atoms with E-state index in [-0.39, 0.29) is 11.8 Å². The minimum absolute atomic E-state index is 0.0531. The summed E-state index contributed by atoms with van der Waals surface area (Å²) in [5, 5.41) is 8.05. The number of ether oxygens (including phenoxy) is 1. The van der Waals surface area contributed by atoms with Crippen LogP contribution in [-0.4, -0.2) is 40.7 Å². The molecule has 1 saturated heterocycles. The molecule has 1 N–H and O–H groups in total. The molecule has 3 aromatic rings. The zero-order valence-corrected chi connectivity index (χ0v) is 17.4. The van der Waals surface area contributed by atoms with Crippen LogP contribution >= 0.6 is 0 Å². The second-order valence-corrected chi connectivity index (χ2v) is 7.40. The van der Waals surface area contributed by atoms with Crippen molar-refractivity contribution in [3.8, 4) is 5.75 Å². The molecule has 0 unspecified atom stereocenters. The molecular weight excluding hydrogens is 382 g/mol. The van der Waals surface area contributed by atoms with Crippen molar-refractivity contribution >= 4 is 22.8 Å². The lowest BCUT2D eigenvalue weighted by molar-refractivity contribution is -0.125. The summed E-state index contributed by atoms with van der Waals surface area (Å²) in [5.74, 6) is 1.57. The smallest absolute Gasteiger partial charge is 0.263 e. The predicted molar refractivity (Wildman–Crippen MR) is 113 cm³/mol. The summed E-state index contributed by atoms with van der Waals surface area (Å²) in [7, 11) is 0. The monoisotopic (exact) mass is 409 g/mol. The summed E-state index contributed by atoms with van der Waals surface area (Å²) in [6, 6.07) is 7.80. The molecule has 1 aliphatic heterocycles. The summed E-state index contributed by atoms with van der Waals surface area (Å²) in [4.78, 5) is 23.8. The van der Waals surface area contributed by atoms with Crippen LogP contribution in [0.1, 0.15) is 37.9 Å². The highest BCUT2D eigenvalue weighted by atomic mass is 16.5. The molecule has 0 radical (unpaired) electrons. The second kappa shape index (κ2) is 9.11. The first-order valence-corrected chi connectivity index (χ1v) is 10.5. The van der Waals surface area contributed by atoms with Gasteiger partial charge in [0.25, 0.3) is 5.71 Å². The number of carbonyl (C=O) groups is 1. The lowest BCUT2D eigenvalue weighted by Crippen LogP contribution is -2.43. The second-order valence-electron chi connectivity index (χ2n) is 7.40. The van der Waals surface area contributed by atoms with Gasteiger partial charge in [0.2, 0.25) is 5.91 Å². The van der Waals surface area contributed by atoms with E-state index in [9.17, 15) is 4.79 Å². The highest BCUT2D eigenvalue weighted by molar-refractivity contribution is 5.88. The van der Waals surface area contributed by atoms with E-state index in [1.807, 2.05) is 38.1 Å². The fourth-order valence-corrected chi connectivity index (χ4v) is 3.96. The van der Waals surface area contributed by atoms with Crippen LogP contribution in [0, 0.1) is 5.92 Å². The number of nitrogens with zero attached hydrogens (tertiary/aromatic N) is 4. The SMILES string of the molecule is CCOc1ccccc1CNC(=O)[C@@H]1CCCN(c2ncnc3onc(CC)c23)C1. The normalized spacial score (nSPS) is 16.6. The van der Waals surface area contributed by atoms with Crippen LogP contribution < -0.4 is 15.0 Å². The Morgan fingerprint density at radius 1 is 1.30 bits per heavy atom.